The predicted molar refractivity (Wildman–Crippen MR) is 85.1 cm³/mol. The fraction of sp³-hybridized carbons (Fsp3) is 0.214. The van der Waals surface area contributed by atoms with Crippen LogP contribution in [-0.2, 0) is 4.79 Å². The molecule has 0 radical (unpaired) electrons. The van der Waals surface area contributed by atoms with Crippen molar-refractivity contribution in [1.29, 1.82) is 0 Å². The van der Waals surface area contributed by atoms with Crippen LogP contribution in [0.2, 0.25) is 5.02 Å². The Morgan fingerprint density at radius 3 is 2.86 bits per heavy atom. The molecule has 2 aromatic rings. The van der Waals surface area contributed by atoms with E-state index in [2.05, 4.69) is 15.3 Å². The highest BCUT2D eigenvalue weighted by molar-refractivity contribution is 8.00. The van der Waals surface area contributed by atoms with Crippen LogP contribution in [0.25, 0.3) is 0 Å². The van der Waals surface area contributed by atoms with Crippen LogP contribution in [0, 0.1) is 13.8 Å². The molecular formula is C14H14ClN3O2S. The van der Waals surface area contributed by atoms with Crippen molar-refractivity contribution in [3.05, 3.63) is 51.0 Å². The second kappa shape index (κ2) is 6.78. The normalized spacial score (nSPS) is 10.4. The second-order valence-electron chi connectivity index (χ2n) is 4.50. The molecule has 110 valence electrons. The van der Waals surface area contributed by atoms with Gasteiger partial charge in [0.2, 0.25) is 5.91 Å². The summed E-state index contributed by atoms with van der Waals surface area (Å²) in [6.45, 7) is 3.72. The molecule has 2 rings (SSSR count). The number of halogens is 1. The highest BCUT2D eigenvalue weighted by Gasteiger charge is 2.07. The number of amides is 1. The van der Waals surface area contributed by atoms with Gasteiger partial charge in [-0.1, -0.05) is 29.4 Å². The van der Waals surface area contributed by atoms with E-state index in [0.29, 0.717) is 15.7 Å². The Hall–Kier alpha value is -1.79. The molecule has 0 atom stereocenters. The summed E-state index contributed by atoms with van der Waals surface area (Å²) in [5.41, 5.74) is 2.00. The molecule has 0 spiro atoms. The number of rotatable bonds is 4. The molecule has 0 saturated carbocycles. The lowest BCUT2D eigenvalue weighted by Gasteiger charge is -2.07. The molecule has 0 aliphatic carbocycles. The number of benzene rings is 1. The second-order valence-corrected chi connectivity index (χ2v) is 5.89. The summed E-state index contributed by atoms with van der Waals surface area (Å²) in [6, 6.07) is 5.35. The van der Waals surface area contributed by atoms with E-state index in [4.69, 9.17) is 11.6 Å². The van der Waals surface area contributed by atoms with Crippen LogP contribution < -0.4 is 11.0 Å². The van der Waals surface area contributed by atoms with E-state index in [-0.39, 0.29) is 11.7 Å². The van der Waals surface area contributed by atoms with Crippen molar-refractivity contribution in [3.8, 4) is 0 Å². The molecule has 0 fully saturated rings. The van der Waals surface area contributed by atoms with E-state index >= 15 is 0 Å². The zero-order chi connectivity index (χ0) is 15.4. The number of carbonyl (C=O) groups is 1. The lowest BCUT2D eigenvalue weighted by molar-refractivity contribution is -0.113. The van der Waals surface area contributed by atoms with Crippen LogP contribution in [0.5, 0.6) is 0 Å². The monoisotopic (exact) mass is 323 g/mol. The molecule has 0 aliphatic heterocycles. The quantitative estimate of drug-likeness (QED) is 0.670. The highest BCUT2D eigenvalue weighted by atomic mass is 35.5. The van der Waals surface area contributed by atoms with Gasteiger partial charge in [-0.05, 0) is 37.1 Å². The van der Waals surface area contributed by atoms with E-state index in [1.807, 2.05) is 19.9 Å². The van der Waals surface area contributed by atoms with E-state index in [1.165, 1.54) is 18.0 Å². The summed E-state index contributed by atoms with van der Waals surface area (Å²) in [6.07, 6.45) is 1.48. The molecule has 0 saturated heterocycles. The molecule has 1 heterocycles. The van der Waals surface area contributed by atoms with Gasteiger partial charge in [0.1, 0.15) is 0 Å². The smallest absolute Gasteiger partial charge is 0.325 e. The Kier molecular flexibility index (Phi) is 5.03. The molecule has 2 N–H and O–H groups in total. The maximum atomic E-state index is 11.9. The fourth-order valence-corrected chi connectivity index (χ4v) is 2.57. The minimum atomic E-state index is -0.422. The van der Waals surface area contributed by atoms with Crippen molar-refractivity contribution in [3.63, 3.8) is 0 Å². The van der Waals surface area contributed by atoms with Gasteiger partial charge < -0.3 is 10.3 Å². The minimum Gasteiger partial charge on any atom is -0.325 e. The molecule has 0 bridgehead atoms. The molecule has 0 aliphatic rings. The Balaban J connectivity index is 1.97. The van der Waals surface area contributed by atoms with Crippen molar-refractivity contribution >= 4 is 35.0 Å². The zero-order valence-corrected chi connectivity index (χ0v) is 13.1. The van der Waals surface area contributed by atoms with Gasteiger partial charge in [-0.15, -0.1) is 0 Å². The number of anilines is 1. The van der Waals surface area contributed by atoms with Crippen LogP contribution in [0.4, 0.5) is 5.69 Å². The number of aromatic amines is 1. The van der Waals surface area contributed by atoms with E-state index < -0.39 is 5.69 Å². The van der Waals surface area contributed by atoms with E-state index in [1.54, 1.807) is 12.1 Å². The maximum Gasteiger partial charge on any atom is 0.345 e. The zero-order valence-electron chi connectivity index (χ0n) is 11.6. The van der Waals surface area contributed by atoms with E-state index in [9.17, 15) is 9.59 Å². The first-order valence-electron chi connectivity index (χ1n) is 6.20. The Morgan fingerprint density at radius 2 is 2.14 bits per heavy atom. The fourth-order valence-electron chi connectivity index (χ4n) is 1.60. The Bertz CT molecular complexity index is 730. The minimum absolute atomic E-state index is 0.169. The maximum absolute atomic E-state index is 11.9. The van der Waals surface area contributed by atoms with Crippen molar-refractivity contribution in [2.75, 3.05) is 11.1 Å². The Labute approximate surface area is 131 Å². The number of nitrogens with one attached hydrogen (secondary N) is 2. The van der Waals surface area contributed by atoms with Gasteiger partial charge in [0.25, 0.3) is 0 Å². The van der Waals surface area contributed by atoms with Crippen LogP contribution in [0.1, 0.15) is 11.1 Å². The summed E-state index contributed by atoms with van der Waals surface area (Å²) in [5, 5.41) is 4.01. The summed E-state index contributed by atoms with van der Waals surface area (Å²) in [4.78, 5) is 29.3. The predicted octanol–water partition coefficient (Wildman–Crippen LogP) is 2.77. The van der Waals surface area contributed by atoms with Crippen molar-refractivity contribution in [2.45, 2.75) is 18.9 Å². The van der Waals surface area contributed by atoms with Crippen LogP contribution in [-0.4, -0.2) is 21.6 Å². The molecule has 5 nitrogen and oxygen atoms in total. The first-order valence-corrected chi connectivity index (χ1v) is 7.57. The molecule has 0 unspecified atom stereocenters. The highest BCUT2D eigenvalue weighted by Crippen LogP contribution is 2.21. The van der Waals surface area contributed by atoms with Gasteiger partial charge in [-0.2, -0.15) is 0 Å². The third-order valence-electron chi connectivity index (χ3n) is 2.76. The third-order valence-corrected chi connectivity index (χ3v) is 4.28. The number of hydrogen-bond acceptors (Lipinski definition) is 4. The van der Waals surface area contributed by atoms with Gasteiger partial charge in [-0.3, -0.25) is 4.79 Å². The lowest BCUT2D eigenvalue weighted by atomic mass is 10.2. The topological polar surface area (TPSA) is 74.8 Å². The molecule has 1 aromatic carbocycles. The van der Waals surface area contributed by atoms with E-state index in [0.717, 1.165) is 11.1 Å². The van der Waals surface area contributed by atoms with Crippen LogP contribution in [0.15, 0.2) is 34.2 Å². The van der Waals surface area contributed by atoms with Crippen molar-refractivity contribution < 1.29 is 4.79 Å². The number of nitrogens with zero attached hydrogens (tertiary/aromatic N) is 1. The molecule has 1 aromatic heterocycles. The van der Waals surface area contributed by atoms with Gasteiger partial charge in [-0.25, -0.2) is 9.78 Å². The third kappa shape index (κ3) is 4.34. The molecule has 1 amide bonds. The summed E-state index contributed by atoms with van der Waals surface area (Å²) < 4.78 is 0. The number of hydrogen-bond donors (Lipinski definition) is 2. The largest absolute Gasteiger partial charge is 0.345 e. The lowest BCUT2D eigenvalue weighted by Crippen LogP contribution is -2.16. The number of H-pyrrole nitrogens is 1. The number of carbonyl (C=O) groups excluding carboxylic acids is 1. The first kappa shape index (κ1) is 15.6. The Morgan fingerprint density at radius 1 is 1.38 bits per heavy atom. The standard InChI is InChI=1S/C14H14ClN3O2S/c1-8-3-4-10(5-11(8)15)17-12(19)7-21-13-9(2)6-16-14(20)18-13/h3-6H,7H2,1-2H3,(H,17,19)(H,16,18,20). The first-order chi connectivity index (χ1) is 9.95. The molecule has 21 heavy (non-hydrogen) atoms. The summed E-state index contributed by atoms with van der Waals surface area (Å²) in [5.74, 6) is 0.0173. The molecular weight excluding hydrogens is 310 g/mol. The molecule has 7 heteroatoms. The SMILES string of the molecule is Cc1ccc(NC(=O)CSc2[nH]c(=O)ncc2C)cc1Cl. The van der Waals surface area contributed by atoms with Gasteiger partial charge in [0.15, 0.2) is 0 Å². The van der Waals surface area contributed by atoms with Gasteiger partial charge in [0.05, 0.1) is 10.8 Å². The van der Waals surface area contributed by atoms with Crippen molar-refractivity contribution in [1.82, 2.24) is 9.97 Å². The average molecular weight is 324 g/mol. The summed E-state index contributed by atoms with van der Waals surface area (Å²) >= 11 is 7.26. The van der Waals surface area contributed by atoms with Gasteiger partial charge >= 0.3 is 5.69 Å². The number of aromatic nitrogens is 2. The van der Waals surface area contributed by atoms with Crippen LogP contribution in [0.3, 0.4) is 0 Å². The van der Waals surface area contributed by atoms with Gasteiger partial charge in [0, 0.05) is 16.9 Å². The van der Waals surface area contributed by atoms with Crippen molar-refractivity contribution in [2.24, 2.45) is 0 Å². The average Bonchev–Trinajstić information content (AvgIpc) is 2.44. The summed E-state index contributed by atoms with van der Waals surface area (Å²) in [7, 11) is 0. The van der Waals surface area contributed by atoms with Crippen LogP contribution >= 0.6 is 23.4 Å². The number of aryl methyl sites for hydroxylation is 2. The number of thioether (sulfide) groups is 1.